The number of carbonyl (C=O) groups excluding carboxylic acids is 1. The van der Waals surface area contributed by atoms with E-state index < -0.39 is 18.2 Å². The molecule has 102 valence electrons. The van der Waals surface area contributed by atoms with Crippen molar-refractivity contribution < 1.29 is 19.4 Å². The van der Waals surface area contributed by atoms with Gasteiger partial charge < -0.3 is 20.1 Å². The lowest BCUT2D eigenvalue weighted by molar-refractivity contribution is -0.152. The Hall–Kier alpha value is -1.14. The molecule has 0 unspecified atom stereocenters. The van der Waals surface area contributed by atoms with Gasteiger partial charge in [-0.2, -0.15) is 0 Å². The highest BCUT2D eigenvalue weighted by Gasteiger charge is 2.35. The molecule has 6 heteroatoms. The van der Waals surface area contributed by atoms with Crippen LogP contribution in [0.15, 0.2) is 0 Å². The van der Waals surface area contributed by atoms with Crippen LogP contribution in [0, 0.1) is 0 Å². The molecule has 2 aliphatic heterocycles. The van der Waals surface area contributed by atoms with Crippen molar-refractivity contribution in [2.24, 2.45) is 0 Å². The standard InChI is InChI=1S/C12H20N2O4/c1-14-6-4-8(5-7-14)13-11(15)9-2-3-10(18-9)12(16)17/h8-10H,2-7H2,1H3,(H,13,15)(H,16,17)/t9-,10+/m0/s1. The Labute approximate surface area is 106 Å². The number of hydrogen-bond donors (Lipinski definition) is 2. The van der Waals surface area contributed by atoms with Gasteiger partial charge in [0.05, 0.1) is 0 Å². The summed E-state index contributed by atoms with van der Waals surface area (Å²) in [7, 11) is 2.07. The van der Waals surface area contributed by atoms with Crippen molar-refractivity contribution in [3.63, 3.8) is 0 Å². The van der Waals surface area contributed by atoms with Gasteiger partial charge in [0.1, 0.15) is 6.10 Å². The Morgan fingerprint density at radius 3 is 2.33 bits per heavy atom. The minimum absolute atomic E-state index is 0.159. The molecule has 0 aromatic rings. The minimum atomic E-state index is -0.982. The van der Waals surface area contributed by atoms with Crippen molar-refractivity contribution >= 4 is 11.9 Å². The number of piperidine rings is 1. The average molecular weight is 256 g/mol. The first-order valence-electron chi connectivity index (χ1n) is 6.43. The van der Waals surface area contributed by atoms with Crippen molar-refractivity contribution in [2.45, 2.75) is 43.9 Å². The number of nitrogens with one attached hydrogen (secondary N) is 1. The fourth-order valence-corrected chi connectivity index (χ4v) is 2.46. The second-order valence-electron chi connectivity index (χ2n) is 5.12. The highest BCUT2D eigenvalue weighted by molar-refractivity contribution is 5.82. The normalized spacial score (nSPS) is 30.3. The van der Waals surface area contributed by atoms with E-state index in [0.717, 1.165) is 25.9 Å². The Balaban J connectivity index is 1.77. The molecule has 1 amide bonds. The van der Waals surface area contributed by atoms with Crippen molar-refractivity contribution in [1.29, 1.82) is 0 Å². The topological polar surface area (TPSA) is 78.9 Å². The first kappa shape index (κ1) is 13.3. The summed E-state index contributed by atoms with van der Waals surface area (Å²) in [4.78, 5) is 24.9. The Morgan fingerprint density at radius 1 is 1.17 bits per heavy atom. The molecule has 0 aromatic carbocycles. The first-order valence-corrected chi connectivity index (χ1v) is 6.43. The summed E-state index contributed by atoms with van der Waals surface area (Å²) in [5.41, 5.74) is 0. The summed E-state index contributed by atoms with van der Waals surface area (Å²) in [6, 6.07) is 0.196. The molecule has 2 fully saturated rings. The monoisotopic (exact) mass is 256 g/mol. The number of carboxylic acid groups (broad SMARTS) is 1. The fourth-order valence-electron chi connectivity index (χ4n) is 2.46. The van der Waals surface area contributed by atoms with E-state index in [9.17, 15) is 9.59 Å². The molecular formula is C12H20N2O4. The van der Waals surface area contributed by atoms with Crippen LogP contribution < -0.4 is 5.32 Å². The van der Waals surface area contributed by atoms with Crippen LogP contribution in [-0.4, -0.2) is 60.3 Å². The van der Waals surface area contributed by atoms with Crippen LogP contribution in [0.25, 0.3) is 0 Å². The van der Waals surface area contributed by atoms with Crippen LogP contribution in [0.3, 0.4) is 0 Å². The van der Waals surface area contributed by atoms with Gasteiger partial charge in [0.15, 0.2) is 6.10 Å². The zero-order valence-electron chi connectivity index (χ0n) is 10.6. The number of hydrogen-bond acceptors (Lipinski definition) is 4. The van der Waals surface area contributed by atoms with Crippen LogP contribution >= 0.6 is 0 Å². The van der Waals surface area contributed by atoms with Crippen LogP contribution in [0.1, 0.15) is 25.7 Å². The molecule has 0 aliphatic carbocycles. The zero-order valence-corrected chi connectivity index (χ0v) is 10.6. The lowest BCUT2D eigenvalue weighted by Gasteiger charge is -2.30. The van der Waals surface area contributed by atoms with Gasteiger partial charge >= 0.3 is 5.97 Å². The lowest BCUT2D eigenvalue weighted by Crippen LogP contribution is -2.46. The number of carbonyl (C=O) groups is 2. The molecule has 2 heterocycles. The second kappa shape index (κ2) is 5.67. The fraction of sp³-hybridized carbons (Fsp3) is 0.833. The zero-order chi connectivity index (χ0) is 13.1. The molecule has 0 bridgehead atoms. The third-order valence-corrected chi connectivity index (χ3v) is 3.65. The SMILES string of the molecule is CN1CCC(NC(=O)[C@@H]2CC[C@H](C(=O)O)O2)CC1. The molecule has 0 spiro atoms. The molecule has 2 rings (SSSR count). The molecule has 2 aliphatic rings. The molecule has 2 saturated heterocycles. The van der Waals surface area contributed by atoms with Crippen molar-refractivity contribution in [3.05, 3.63) is 0 Å². The van der Waals surface area contributed by atoms with Gasteiger partial charge in [-0.05, 0) is 45.8 Å². The number of rotatable bonds is 3. The van der Waals surface area contributed by atoms with Crippen LogP contribution in [0.2, 0.25) is 0 Å². The molecule has 18 heavy (non-hydrogen) atoms. The summed E-state index contributed by atoms with van der Waals surface area (Å²) >= 11 is 0. The largest absolute Gasteiger partial charge is 0.479 e. The smallest absolute Gasteiger partial charge is 0.332 e. The number of ether oxygens (including phenoxy) is 1. The number of carboxylic acids is 1. The van der Waals surface area contributed by atoms with E-state index in [1.54, 1.807) is 0 Å². The maximum Gasteiger partial charge on any atom is 0.332 e. The van der Waals surface area contributed by atoms with Gasteiger partial charge in [-0.3, -0.25) is 4.79 Å². The summed E-state index contributed by atoms with van der Waals surface area (Å²) < 4.78 is 5.23. The number of amides is 1. The van der Waals surface area contributed by atoms with E-state index in [2.05, 4.69) is 17.3 Å². The summed E-state index contributed by atoms with van der Waals surface area (Å²) in [6.07, 6.45) is 1.38. The van der Waals surface area contributed by atoms with Gasteiger partial charge in [-0.1, -0.05) is 0 Å². The average Bonchev–Trinajstić information content (AvgIpc) is 2.81. The van der Waals surface area contributed by atoms with E-state index >= 15 is 0 Å². The Bertz CT molecular complexity index is 326. The van der Waals surface area contributed by atoms with Crippen molar-refractivity contribution in [3.8, 4) is 0 Å². The van der Waals surface area contributed by atoms with Crippen LogP contribution in [-0.2, 0) is 14.3 Å². The van der Waals surface area contributed by atoms with Crippen LogP contribution in [0.5, 0.6) is 0 Å². The maximum atomic E-state index is 11.9. The second-order valence-corrected chi connectivity index (χ2v) is 5.12. The van der Waals surface area contributed by atoms with E-state index in [1.807, 2.05) is 0 Å². The highest BCUT2D eigenvalue weighted by Crippen LogP contribution is 2.20. The molecule has 2 N–H and O–H groups in total. The summed E-state index contributed by atoms with van der Waals surface area (Å²) in [5, 5.41) is 11.8. The third kappa shape index (κ3) is 3.20. The van der Waals surface area contributed by atoms with Crippen molar-refractivity contribution in [2.75, 3.05) is 20.1 Å². The van der Waals surface area contributed by atoms with E-state index in [-0.39, 0.29) is 11.9 Å². The molecule has 0 radical (unpaired) electrons. The highest BCUT2D eigenvalue weighted by atomic mass is 16.5. The van der Waals surface area contributed by atoms with Gasteiger partial charge in [0.25, 0.3) is 0 Å². The predicted octanol–water partition coefficient (Wildman–Crippen LogP) is -0.171. The third-order valence-electron chi connectivity index (χ3n) is 3.65. The maximum absolute atomic E-state index is 11.9. The summed E-state index contributed by atoms with van der Waals surface area (Å²) in [6.45, 7) is 1.96. The minimum Gasteiger partial charge on any atom is -0.479 e. The molecular weight excluding hydrogens is 236 g/mol. The lowest BCUT2D eigenvalue weighted by atomic mass is 10.0. The van der Waals surface area contributed by atoms with Gasteiger partial charge in [-0.15, -0.1) is 0 Å². The Morgan fingerprint density at radius 2 is 1.78 bits per heavy atom. The van der Waals surface area contributed by atoms with Gasteiger partial charge in [0, 0.05) is 6.04 Å². The van der Waals surface area contributed by atoms with E-state index in [4.69, 9.17) is 9.84 Å². The van der Waals surface area contributed by atoms with Crippen LogP contribution in [0.4, 0.5) is 0 Å². The predicted molar refractivity (Wildman–Crippen MR) is 64.2 cm³/mol. The van der Waals surface area contributed by atoms with Gasteiger partial charge in [0.2, 0.25) is 5.91 Å². The van der Waals surface area contributed by atoms with Gasteiger partial charge in [-0.25, -0.2) is 4.79 Å². The molecule has 6 nitrogen and oxygen atoms in total. The van der Waals surface area contributed by atoms with E-state index in [0.29, 0.717) is 12.8 Å². The van der Waals surface area contributed by atoms with E-state index in [1.165, 1.54) is 0 Å². The molecule has 2 atom stereocenters. The molecule has 0 aromatic heterocycles. The number of aliphatic carboxylic acids is 1. The molecule has 0 saturated carbocycles. The summed E-state index contributed by atoms with van der Waals surface area (Å²) in [5.74, 6) is -1.14. The van der Waals surface area contributed by atoms with Crippen molar-refractivity contribution in [1.82, 2.24) is 10.2 Å². The Kier molecular flexibility index (Phi) is 4.19. The quantitative estimate of drug-likeness (QED) is 0.733. The number of likely N-dealkylation sites (tertiary alicyclic amines) is 1. The number of nitrogens with zero attached hydrogens (tertiary/aromatic N) is 1. The first-order chi connectivity index (χ1) is 8.56.